The van der Waals surface area contributed by atoms with E-state index < -0.39 is 36.1 Å². The third kappa shape index (κ3) is 15.6. The van der Waals surface area contributed by atoms with Crippen LogP contribution >= 0.6 is 38.9 Å². The summed E-state index contributed by atoms with van der Waals surface area (Å²) in [7, 11) is 0. The first-order valence-electron chi connectivity index (χ1n) is 27.0. The third-order valence-corrected chi connectivity index (χ3v) is 16.5. The van der Waals surface area contributed by atoms with Crippen molar-refractivity contribution in [2.75, 3.05) is 19.6 Å². The topological polar surface area (TPSA) is 244 Å². The van der Waals surface area contributed by atoms with Crippen LogP contribution in [-0.2, 0) is 59.8 Å². The van der Waals surface area contributed by atoms with Crippen molar-refractivity contribution >= 4 is 89.7 Å². The molecule has 83 heavy (non-hydrogen) atoms. The minimum absolute atomic E-state index is 0.0716. The summed E-state index contributed by atoms with van der Waals surface area (Å²) in [6.07, 6.45) is -4.87. The normalized spacial score (nSPS) is 20.3. The largest absolute Gasteiger partial charge is 0.416 e. The highest BCUT2D eigenvalue weighted by molar-refractivity contribution is 9.10. The number of carbonyl (C=O) groups excluding carboxylic acids is 3. The number of carbonyl (C=O) groups is 3. The fourth-order valence-electron chi connectivity index (χ4n) is 10.6. The number of aromatic nitrogens is 6. The van der Waals surface area contributed by atoms with Crippen LogP contribution in [0.15, 0.2) is 137 Å². The molecule has 24 heteroatoms. The number of β-amino-alcohol motifs (C(OH)–C–C–N with tert-alkyl or cyclic N) is 3. The molecular weight excluding hydrogens is 1180 g/mol. The van der Waals surface area contributed by atoms with Crippen molar-refractivity contribution in [2.24, 2.45) is 0 Å². The lowest BCUT2D eigenvalue weighted by Crippen LogP contribution is -2.42. The van der Waals surface area contributed by atoms with Gasteiger partial charge in [0.1, 0.15) is 17.5 Å². The summed E-state index contributed by atoms with van der Waals surface area (Å²) in [6.45, 7) is 3.69. The molecule has 5 aromatic carbocycles. The molecule has 0 spiro atoms. The molecule has 0 unspecified atom stereocenters. The van der Waals surface area contributed by atoms with Gasteiger partial charge in [-0.3, -0.25) is 29.1 Å². The van der Waals surface area contributed by atoms with Gasteiger partial charge in [-0.25, -0.2) is 15.0 Å². The summed E-state index contributed by atoms with van der Waals surface area (Å²) < 4.78 is 39.2. The van der Waals surface area contributed by atoms with Crippen LogP contribution in [0.3, 0.4) is 0 Å². The van der Waals surface area contributed by atoms with Gasteiger partial charge in [0.05, 0.1) is 94.7 Å². The highest BCUT2D eigenvalue weighted by atomic mass is 79.9. The Hall–Kier alpha value is -7.06. The molecule has 434 valence electrons. The summed E-state index contributed by atoms with van der Waals surface area (Å²) >= 11 is 11.0. The first-order chi connectivity index (χ1) is 40.0. The SMILES string of the molecule is O=C(NCc1nc2ccccc2[nH]1)[C@@H]1C[C@@H](O)CN1Cc1cc(Br)cs1.O=C(NCc1nc2ccccc2[nH]1)[C@@H]1C[C@@H](O)CN1Cc1ccc(C(F)(F)F)cc1.O=C(NCc1nc2ccccc2[nH]1)[C@@H]1C[C@@H](O)CN1Cc1ccc(Cl)cc1. The number of fused-ring (bicyclic) bond motifs is 3. The van der Waals surface area contributed by atoms with Gasteiger partial charge in [0.2, 0.25) is 17.7 Å². The highest BCUT2D eigenvalue weighted by Crippen LogP contribution is 2.31. The number of thiophene rings is 1. The number of aliphatic hydroxyl groups is 3. The molecule has 18 nitrogen and oxygen atoms in total. The lowest BCUT2D eigenvalue weighted by Gasteiger charge is -2.23. The minimum atomic E-state index is -4.39. The fourth-order valence-corrected chi connectivity index (χ4v) is 12.2. The van der Waals surface area contributed by atoms with E-state index in [-0.39, 0.29) is 55.9 Å². The number of likely N-dealkylation sites (tertiary alicyclic amines) is 3. The van der Waals surface area contributed by atoms with E-state index in [1.165, 1.54) is 17.0 Å². The van der Waals surface area contributed by atoms with Crippen molar-refractivity contribution in [1.29, 1.82) is 0 Å². The quantitative estimate of drug-likeness (QED) is 0.0475. The molecule has 4 aromatic heterocycles. The van der Waals surface area contributed by atoms with Gasteiger partial charge in [-0.2, -0.15) is 13.2 Å². The number of amides is 3. The van der Waals surface area contributed by atoms with E-state index in [0.717, 1.165) is 61.1 Å². The van der Waals surface area contributed by atoms with Gasteiger partial charge < -0.3 is 46.2 Å². The van der Waals surface area contributed by atoms with Crippen molar-refractivity contribution in [3.8, 4) is 0 Å². The number of rotatable bonds is 15. The predicted octanol–water partition coefficient (Wildman–Crippen LogP) is 7.94. The first-order valence-corrected chi connectivity index (χ1v) is 29.0. The van der Waals surface area contributed by atoms with Gasteiger partial charge >= 0.3 is 6.18 Å². The maximum Gasteiger partial charge on any atom is 0.416 e. The molecule has 0 saturated carbocycles. The van der Waals surface area contributed by atoms with Crippen molar-refractivity contribution < 1.29 is 42.9 Å². The van der Waals surface area contributed by atoms with Crippen LogP contribution < -0.4 is 16.0 Å². The fraction of sp³-hybridized carbons (Fsp3) is 0.322. The molecule has 3 aliphatic rings. The molecule has 3 saturated heterocycles. The van der Waals surface area contributed by atoms with Gasteiger partial charge in [0.25, 0.3) is 0 Å². The lowest BCUT2D eigenvalue weighted by atomic mass is 10.1. The predicted molar refractivity (Wildman–Crippen MR) is 313 cm³/mol. The molecule has 9 aromatic rings. The zero-order valence-corrected chi connectivity index (χ0v) is 47.9. The summed E-state index contributed by atoms with van der Waals surface area (Å²) in [6, 6.07) is 36.3. The standard InChI is InChI=1S/C21H21F3N4O2.C20H21ClN4O2.C18H19BrN4O2S/c22-21(23,24)14-7-5-13(6-8-14)11-28-12-15(29)9-18(28)20(30)25-10-19-26-16-3-1-2-4-17(16)27-19;21-14-7-5-13(6-8-14)11-25-12-15(26)9-18(25)20(27)22-10-19-23-16-3-1-2-4-17(16)24-19;19-11-5-13(26-10-11)9-23-8-12(24)6-16(23)18(25)20-7-17-21-14-3-1-2-4-15(14)22-17/h1-8,15,18,29H,9-12H2,(H,25,30)(H,26,27);1-8,15,18,26H,9-12H2,(H,22,27)(H,23,24);1-5,10,12,16,24H,6-9H2,(H,20,25)(H,21,22)/t2*15-,18+;12-,16+/m111/s1. The molecule has 0 radical (unpaired) electrons. The van der Waals surface area contributed by atoms with Gasteiger partial charge in [0.15, 0.2) is 0 Å². The molecular formula is C59H61BrClF3N12O6S. The van der Waals surface area contributed by atoms with Gasteiger partial charge in [-0.1, -0.05) is 72.3 Å². The van der Waals surface area contributed by atoms with Crippen molar-refractivity contribution in [2.45, 2.75) is 101 Å². The first kappa shape index (κ1) is 59.1. The number of alkyl halides is 3. The zero-order chi connectivity index (χ0) is 58.2. The average molecular weight is 1240 g/mol. The molecule has 0 aliphatic carbocycles. The number of hydrogen-bond acceptors (Lipinski definition) is 13. The second kappa shape index (κ2) is 26.7. The molecule has 3 amide bonds. The number of aliphatic hydroxyl groups excluding tert-OH is 3. The second-order valence-corrected chi connectivity index (χ2v) is 23.2. The molecule has 0 bridgehead atoms. The number of para-hydroxylation sites is 6. The number of nitrogens with zero attached hydrogens (tertiary/aromatic N) is 6. The lowest BCUT2D eigenvalue weighted by molar-refractivity contribution is -0.137. The van der Waals surface area contributed by atoms with E-state index in [4.69, 9.17) is 11.6 Å². The molecule has 12 rings (SSSR count). The van der Waals surface area contributed by atoms with Crippen LogP contribution in [0.5, 0.6) is 0 Å². The van der Waals surface area contributed by atoms with E-state index in [9.17, 15) is 42.9 Å². The Kier molecular flexibility index (Phi) is 19.0. The van der Waals surface area contributed by atoms with E-state index in [1.807, 2.05) is 112 Å². The maximum atomic E-state index is 12.7. The van der Waals surface area contributed by atoms with Gasteiger partial charge in [0, 0.05) is 59.0 Å². The number of aromatic amines is 3. The summed E-state index contributed by atoms with van der Waals surface area (Å²) in [5.41, 5.74) is 6.34. The summed E-state index contributed by atoms with van der Waals surface area (Å²) in [5.74, 6) is 1.65. The van der Waals surface area contributed by atoms with Crippen molar-refractivity contribution in [3.63, 3.8) is 0 Å². The van der Waals surface area contributed by atoms with Crippen LogP contribution in [0.1, 0.15) is 58.3 Å². The number of imidazole rings is 3. The zero-order valence-electron chi connectivity index (χ0n) is 44.7. The Labute approximate surface area is 492 Å². The monoisotopic (exact) mass is 1240 g/mol. The Balaban J connectivity index is 0.000000139. The average Bonchev–Trinajstić information content (AvgIpc) is 4.55. The van der Waals surface area contributed by atoms with Crippen molar-refractivity contribution in [1.82, 2.24) is 60.6 Å². The Morgan fingerprint density at radius 3 is 1.28 bits per heavy atom. The highest BCUT2D eigenvalue weighted by Gasteiger charge is 2.39. The van der Waals surface area contributed by atoms with Crippen LogP contribution in [-0.4, -0.2) is 134 Å². The molecule has 3 fully saturated rings. The number of hydrogen-bond donors (Lipinski definition) is 9. The molecule has 9 N–H and O–H groups in total. The maximum absolute atomic E-state index is 12.7. The van der Waals surface area contributed by atoms with Gasteiger partial charge in [-0.15, -0.1) is 11.3 Å². The van der Waals surface area contributed by atoms with Gasteiger partial charge in [-0.05, 0) is 113 Å². The summed E-state index contributed by atoms with van der Waals surface area (Å²) in [4.78, 5) is 68.0. The number of halogens is 5. The van der Waals surface area contributed by atoms with E-state index in [1.54, 1.807) is 16.2 Å². The summed E-state index contributed by atoms with van der Waals surface area (Å²) in [5, 5.41) is 41.6. The Morgan fingerprint density at radius 1 is 0.566 bits per heavy atom. The van der Waals surface area contributed by atoms with Crippen LogP contribution in [0.2, 0.25) is 5.02 Å². The smallest absolute Gasteiger partial charge is 0.392 e. The van der Waals surface area contributed by atoms with E-state index >= 15 is 0 Å². The molecule has 6 atom stereocenters. The molecule has 7 heterocycles. The van der Waals surface area contributed by atoms with E-state index in [2.05, 4.69) is 67.9 Å². The molecule has 3 aliphatic heterocycles. The number of nitrogens with one attached hydrogen (secondary N) is 6. The number of benzene rings is 5. The van der Waals surface area contributed by atoms with Crippen molar-refractivity contribution in [3.05, 3.63) is 181 Å². The van der Waals surface area contributed by atoms with E-state index in [0.29, 0.717) is 74.3 Å². The van der Waals surface area contributed by atoms with Crippen LogP contribution in [0.4, 0.5) is 13.2 Å². The van der Waals surface area contributed by atoms with Crippen LogP contribution in [0.25, 0.3) is 33.1 Å². The number of H-pyrrole nitrogens is 3. The second-order valence-electron chi connectivity index (χ2n) is 20.8. The minimum Gasteiger partial charge on any atom is -0.392 e. The van der Waals surface area contributed by atoms with Crippen LogP contribution in [0, 0.1) is 0 Å². The Bertz CT molecular complexity index is 3560. The third-order valence-electron chi connectivity index (χ3n) is 14.6. The Morgan fingerprint density at radius 2 is 0.928 bits per heavy atom.